The molecule has 3 amide bonds. The van der Waals surface area contributed by atoms with E-state index in [1.54, 1.807) is 20.8 Å². The van der Waals surface area contributed by atoms with Crippen LogP contribution in [0, 0.1) is 5.92 Å². The van der Waals surface area contributed by atoms with Crippen LogP contribution in [0.3, 0.4) is 0 Å². The molecule has 0 aliphatic carbocycles. The standard InChI is InChI=1S/C19H33N3O6S/c1-6-28-10-8-19(5,29)18(27)21-13(4)17(26)20-11-15(24)22-14(7-9-23)16(25)12(2)3/h9,12-14,29H,6-8,10-11H2,1-5H3,(H,20,26)(H,21,27)(H,22,24). The molecule has 0 rings (SSSR count). The predicted molar refractivity (Wildman–Crippen MR) is 112 cm³/mol. The number of thiol groups is 1. The fourth-order valence-corrected chi connectivity index (χ4v) is 2.41. The van der Waals surface area contributed by atoms with Crippen LogP contribution in [-0.4, -0.2) is 66.4 Å². The fourth-order valence-electron chi connectivity index (χ4n) is 2.26. The van der Waals surface area contributed by atoms with E-state index < -0.39 is 34.6 Å². The summed E-state index contributed by atoms with van der Waals surface area (Å²) in [6.07, 6.45) is 0.793. The lowest BCUT2D eigenvalue weighted by Crippen LogP contribution is -2.52. The van der Waals surface area contributed by atoms with Crippen LogP contribution in [-0.2, 0) is 28.7 Å². The van der Waals surface area contributed by atoms with Crippen molar-refractivity contribution < 1.29 is 28.7 Å². The second-order valence-electron chi connectivity index (χ2n) is 7.21. The first-order chi connectivity index (χ1) is 13.5. The molecule has 0 aliphatic rings. The monoisotopic (exact) mass is 431 g/mol. The minimum atomic E-state index is -1.01. The molecular weight excluding hydrogens is 398 g/mol. The Kier molecular flexibility index (Phi) is 12.4. The Morgan fingerprint density at radius 2 is 1.76 bits per heavy atom. The summed E-state index contributed by atoms with van der Waals surface area (Å²) in [6, 6.07) is -1.82. The quantitative estimate of drug-likeness (QED) is 0.174. The number of rotatable bonds is 14. The van der Waals surface area contributed by atoms with Gasteiger partial charge in [-0.25, -0.2) is 0 Å². The van der Waals surface area contributed by atoms with E-state index in [1.165, 1.54) is 6.92 Å². The lowest BCUT2D eigenvalue weighted by Gasteiger charge is -2.24. The summed E-state index contributed by atoms with van der Waals surface area (Å²) in [6.45, 7) is 8.80. The van der Waals surface area contributed by atoms with E-state index in [1.807, 2.05) is 6.92 Å². The number of hydrogen-bond donors (Lipinski definition) is 4. The highest BCUT2D eigenvalue weighted by Crippen LogP contribution is 2.19. The van der Waals surface area contributed by atoms with Gasteiger partial charge in [0.05, 0.1) is 17.3 Å². The zero-order valence-corrected chi connectivity index (χ0v) is 18.6. The maximum absolute atomic E-state index is 12.3. The largest absolute Gasteiger partial charge is 0.382 e. The van der Waals surface area contributed by atoms with Gasteiger partial charge in [0.1, 0.15) is 12.3 Å². The summed E-state index contributed by atoms with van der Waals surface area (Å²) in [5, 5.41) is 7.38. The van der Waals surface area contributed by atoms with E-state index in [0.717, 1.165) is 0 Å². The Morgan fingerprint density at radius 3 is 2.28 bits per heavy atom. The van der Waals surface area contributed by atoms with E-state index >= 15 is 0 Å². The molecular formula is C19H33N3O6S. The minimum absolute atomic E-state index is 0.133. The third-order valence-electron chi connectivity index (χ3n) is 4.17. The molecule has 3 unspecified atom stereocenters. The van der Waals surface area contributed by atoms with Gasteiger partial charge >= 0.3 is 0 Å². The van der Waals surface area contributed by atoms with Crippen LogP contribution in [0.1, 0.15) is 47.5 Å². The maximum atomic E-state index is 12.3. The average Bonchev–Trinajstić information content (AvgIpc) is 2.64. The number of ketones is 1. The molecule has 0 aromatic rings. The number of Topliss-reactive ketones (excluding diaryl/α,β-unsaturated/α-hetero) is 1. The molecule has 10 heteroatoms. The second-order valence-corrected chi connectivity index (χ2v) is 8.20. The topological polar surface area (TPSA) is 131 Å². The van der Waals surface area contributed by atoms with E-state index in [9.17, 15) is 24.0 Å². The van der Waals surface area contributed by atoms with E-state index in [2.05, 4.69) is 28.6 Å². The molecule has 0 aromatic heterocycles. The normalized spacial score (nSPS) is 15.0. The second kappa shape index (κ2) is 13.3. The van der Waals surface area contributed by atoms with Gasteiger partial charge in [0.25, 0.3) is 0 Å². The highest BCUT2D eigenvalue weighted by molar-refractivity contribution is 7.82. The average molecular weight is 432 g/mol. The number of nitrogens with one attached hydrogen (secondary N) is 3. The molecule has 9 nitrogen and oxygen atoms in total. The molecule has 3 N–H and O–H groups in total. The Labute approximate surface area is 177 Å². The summed E-state index contributed by atoms with van der Waals surface area (Å²) >= 11 is 4.33. The predicted octanol–water partition coefficient (Wildman–Crippen LogP) is 0.0213. The molecule has 0 radical (unpaired) electrons. The molecule has 0 saturated heterocycles. The SMILES string of the molecule is CCOCCC(C)(S)C(=O)NC(C)C(=O)NCC(=O)NC(CC=O)C(=O)C(C)C. The number of amides is 3. The molecule has 0 bridgehead atoms. The summed E-state index contributed by atoms with van der Waals surface area (Å²) < 4.78 is 4.21. The Balaban J connectivity index is 4.57. The highest BCUT2D eigenvalue weighted by atomic mass is 32.1. The molecule has 166 valence electrons. The van der Waals surface area contributed by atoms with Gasteiger partial charge < -0.3 is 25.5 Å². The molecule has 0 saturated carbocycles. The number of carbonyl (C=O) groups is 5. The van der Waals surface area contributed by atoms with Gasteiger partial charge in [-0.05, 0) is 27.2 Å². The zero-order valence-electron chi connectivity index (χ0n) is 17.7. The minimum Gasteiger partial charge on any atom is -0.382 e. The Morgan fingerprint density at radius 1 is 1.14 bits per heavy atom. The summed E-state index contributed by atoms with van der Waals surface area (Å²) in [4.78, 5) is 59.2. The van der Waals surface area contributed by atoms with Crippen molar-refractivity contribution in [2.45, 2.75) is 64.3 Å². The van der Waals surface area contributed by atoms with Crippen LogP contribution in [0.25, 0.3) is 0 Å². The van der Waals surface area contributed by atoms with Gasteiger partial charge in [0.15, 0.2) is 5.78 Å². The van der Waals surface area contributed by atoms with Crippen molar-refractivity contribution in [2.75, 3.05) is 19.8 Å². The molecule has 3 atom stereocenters. The molecule has 0 aromatic carbocycles. The van der Waals surface area contributed by atoms with Crippen LogP contribution < -0.4 is 16.0 Å². The van der Waals surface area contributed by atoms with Crippen molar-refractivity contribution in [3.8, 4) is 0 Å². The van der Waals surface area contributed by atoms with Gasteiger partial charge in [-0.3, -0.25) is 19.2 Å². The summed E-state index contributed by atoms with van der Waals surface area (Å²) in [7, 11) is 0. The van der Waals surface area contributed by atoms with Gasteiger partial charge in [0.2, 0.25) is 17.7 Å². The molecule has 0 fully saturated rings. The van der Waals surface area contributed by atoms with Crippen molar-refractivity contribution in [3.63, 3.8) is 0 Å². The van der Waals surface area contributed by atoms with Gasteiger partial charge in [-0.2, -0.15) is 12.6 Å². The Bertz CT molecular complexity index is 594. The van der Waals surface area contributed by atoms with Crippen LogP contribution in [0.2, 0.25) is 0 Å². The third kappa shape index (κ3) is 10.4. The van der Waals surface area contributed by atoms with E-state index in [0.29, 0.717) is 25.9 Å². The van der Waals surface area contributed by atoms with Crippen molar-refractivity contribution in [3.05, 3.63) is 0 Å². The summed E-state index contributed by atoms with van der Waals surface area (Å²) in [5.74, 6) is -2.21. The van der Waals surface area contributed by atoms with Crippen LogP contribution in [0.5, 0.6) is 0 Å². The first-order valence-corrected chi connectivity index (χ1v) is 10.1. The molecule has 0 heterocycles. The first-order valence-electron chi connectivity index (χ1n) is 9.61. The Hall–Kier alpha value is -1.94. The third-order valence-corrected chi connectivity index (χ3v) is 4.60. The molecule has 29 heavy (non-hydrogen) atoms. The van der Waals surface area contributed by atoms with E-state index in [4.69, 9.17) is 4.74 Å². The number of carbonyl (C=O) groups excluding carboxylic acids is 5. The highest BCUT2D eigenvalue weighted by Gasteiger charge is 2.31. The van der Waals surface area contributed by atoms with Crippen molar-refractivity contribution >= 4 is 42.4 Å². The number of aldehydes is 1. The van der Waals surface area contributed by atoms with Crippen molar-refractivity contribution in [1.29, 1.82) is 0 Å². The fraction of sp³-hybridized carbons (Fsp3) is 0.737. The van der Waals surface area contributed by atoms with Gasteiger partial charge in [0, 0.05) is 25.6 Å². The van der Waals surface area contributed by atoms with Crippen LogP contribution in [0.4, 0.5) is 0 Å². The number of hydrogen-bond acceptors (Lipinski definition) is 7. The van der Waals surface area contributed by atoms with Crippen LogP contribution >= 0.6 is 12.6 Å². The lowest BCUT2D eigenvalue weighted by atomic mass is 10.00. The molecule has 0 spiro atoms. The van der Waals surface area contributed by atoms with E-state index in [-0.39, 0.29) is 24.7 Å². The molecule has 0 aliphatic heterocycles. The van der Waals surface area contributed by atoms with Crippen molar-refractivity contribution in [2.24, 2.45) is 5.92 Å². The summed E-state index contributed by atoms with van der Waals surface area (Å²) in [5.41, 5.74) is 0. The van der Waals surface area contributed by atoms with Gasteiger partial charge in [-0.1, -0.05) is 13.8 Å². The zero-order chi connectivity index (χ0) is 22.6. The number of ether oxygens (including phenoxy) is 1. The first kappa shape index (κ1) is 27.1. The smallest absolute Gasteiger partial charge is 0.242 e. The van der Waals surface area contributed by atoms with Gasteiger partial charge in [-0.15, -0.1) is 0 Å². The lowest BCUT2D eigenvalue weighted by molar-refractivity contribution is -0.132. The van der Waals surface area contributed by atoms with Crippen LogP contribution in [0.15, 0.2) is 0 Å². The maximum Gasteiger partial charge on any atom is 0.242 e. The van der Waals surface area contributed by atoms with Crippen molar-refractivity contribution in [1.82, 2.24) is 16.0 Å².